The normalized spacial score (nSPS) is 18.1. The quantitative estimate of drug-likeness (QED) is 0.355. The summed E-state index contributed by atoms with van der Waals surface area (Å²) in [7, 11) is 1.34. The van der Waals surface area contributed by atoms with Crippen molar-refractivity contribution in [2.75, 3.05) is 29.9 Å². The van der Waals surface area contributed by atoms with Crippen molar-refractivity contribution < 1.29 is 41.4 Å². The minimum Gasteiger partial charge on any atom is -0.389 e. The second-order valence-electron chi connectivity index (χ2n) is 10.4. The Morgan fingerprint density at radius 2 is 1.41 bits per heavy atom. The summed E-state index contributed by atoms with van der Waals surface area (Å²) >= 11 is 6.45. The Hall–Kier alpha value is -3.35. The third-order valence-corrected chi connectivity index (χ3v) is 7.46. The largest absolute Gasteiger partial charge is 0.416 e. The van der Waals surface area contributed by atoms with E-state index in [0.29, 0.717) is 34.1 Å². The molecule has 1 aromatic heterocycles. The van der Waals surface area contributed by atoms with Crippen molar-refractivity contribution in [3.8, 4) is 11.1 Å². The molecule has 2 atom stereocenters. The predicted octanol–water partition coefficient (Wildman–Crippen LogP) is 5.92. The molecular weight excluding hydrogens is 576 g/mol. The van der Waals surface area contributed by atoms with E-state index < -0.39 is 52.6 Å². The van der Waals surface area contributed by atoms with Gasteiger partial charge >= 0.3 is 12.4 Å². The number of aromatic nitrogens is 1. The van der Waals surface area contributed by atoms with Crippen LogP contribution in [0.1, 0.15) is 30.5 Å². The molecule has 41 heavy (non-hydrogen) atoms. The number of hydrogen-bond donors (Lipinski definition) is 2. The molecule has 1 amide bonds. The predicted molar refractivity (Wildman–Crippen MR) is 142 cm³/mol. The number of amides is 1. The van der Waals surface area contributed by atoms with Gasteiger partial charge in [-0.1, -0.05) is 29.8 Å². The maximum atomic E-state index is 13.8. The molecule has 220 valence electrons. The first-order valence-corrected chi connectivity index (χ1v) is 12.7. The van der Waals surface area contributed by atoms with E-state index >= 15 is 0 Å². The van der Waals surface area contributed by atoms with Crippen LogP contribution in [0.25, 0.3) is 11.1 Å². The topological polar surface area (TPSA) is 76.9 Å². The fourth-order valence-electron chi connectivity index (χ4n) is 4.70. The zero-order valence-electron chi connectivity index (χ0n) is 22.1. The lowest BCUT2D eigenvalue weighted by atomic mass is 9.81. The van der Waals surface area contributed by atoms with Crippen molar-refractivity contribution in [3.63, 3.8) is 0 Å². The number of aliphatic hydroxyl groups excluding tert-OH is 2. The molecule has 1 aliphatic heterocycles. The van der Waals surface area contributed by atoms with E-state index in [2.05, 4.69) is 4.98 Å². The molecule has 0 bridgehead atoms. The Morgan fingerprint density at radius 3 is 1.93 bits per heavy atom. The summed E-state index contributed by atoms with van der Waals surface area (Å²) in [6.07, 6.45) is -10.8. The SMILES string of the molecule is CN(C(=O)C(C)(C)c1cc(C(F)(F)F)cc(C(F)(F)F)c1)c1cnc(N2C[C@@H](O)[C@@H](O)C2)cc1-c1ccccc1Cl. The van der Waals surface area contributed by atoms with Gasteiger partial charge in [-0.2, -0.15) is 26.3 Å². The van der Waals surface area contributed by atoms with Crippen LogP contribution in [0, 0.1) is 0 Å². The molecule has 3 aromatic rings. The number of rotatable bonds is 5. The molecule has 1 aliphatic rings. The van der Waals surface area contributed by atoms with Gasteiger partial charge in [0.05, 0.1) is 40.6 Å². The fraction of sp³-hybridized carbons (Fsp3) is 0.357. The number of anilines is 2. The van der Waals surface area contributed by atoms with Crippen molar-refractivity contribution in [2.24, 2.45) is 0 Å². The number of alkyl halides is 6. The molecular formula is C28H26ClF6N3O3. The molecule has 1 saturated heterocycles. The number of benzene rings is 2. The van der Waals surface area contributed by atoms with Gasteiger partial charge in [-0.05, 0) is 49.7 Å². The van der Waals surface area contributed by atoms with Crippen LogP contribution < -0.4 is 9.80 Å². The number of nitrogens with zero attached hydrogens (tertiary/aromatic N) is 3. The molecule has 0 aliphatic carbocycles. The Bertz CT molecular complexity index is 1420. The number of pyridine rings is 1. The lowest BCUT2D eigenvalue weighted by Gasteiger charge is -2.32. The molecule has 2 aromatic carbocycles. The molecule has 2 N–H and O–H groups in total. The first kappa shape index (κ1) is 30.6. The summed E-state index contributed by atoms with van der Waals surface area (Å²) in [5, 5.41) is 20.3. The van der Waals surface area contributed by atoms with Gasteiger partial charge < -0.3 is 20.0 Å². The molecule has 0 spiro atoms. The zero-order valence-corrected chi connectivity index (χ0v) is 22.8. The second-order valence-corrected chi connectivity index (χ2v) is 10.8. The van der Waals surface area contributed by atoms with E-state index in [0.717, 1.165) is 4.90 Å². The Morgan fingerprint density at radius 1 is 0.902 bits per heavy atom. The highest BCUT2D eigenvalue weighted by Crippen LogP contribution is 2.42. The lowest BCUT2D eigenvalue weighted by Crippen LogP contribution is -2.42. The number of aliphatic hydroxyl groups is 2. The summed E-state index contributed by atoms with van der Waals surface area (Å²) in [5.74, 6) is -0.452. The van der Waals surface area contributed by atoms with Gasteiger partial charge in [0.25, 0.3) is 0 Å². The maximum Gasteiger partial charge on any atom is 0.416 e. The van der Waals surface area contributed by atoms with Crippen LogP contribution in [0.4, 0.5) is 37.8 Å². The van der Waals surface area contributed by atoms with Crippen molar-refractivity contribution in [2.45, 2.75) is 43.8 Å². The monoisotopic (exact) mass is 601 g/mol. The summed E-state index contributed by atoms with van der Waals surface area (Å²) < 4.78 is 81.1. The maximum absolute atomic E-state index is 13.8. The van der Waals surface area contributed by atoms with Crippen LogP contribution in [-0.2, 0) is 22.6 Å². The number of hydrogen-bond acceptors (Lipinski definition) is 5. The number of β-amino-alcohol motifs (C(OH)–C–C–N with tert-alkyl or cyclic N) is 2. The smallest absolute Gasteiger partial charge is 0.389 e. The van der Waals surface area contributed by atoms with Crippen molar-refractivity contribution in [1.82, 2.24) is 4.98 Å². The number of halogens is 7. The van der Waals surface area contributed by atoms with Gasteiger partial charge in [0.2, 0.25) is 5.91 Å². The van der Waals surface area contributed by atoms with Crippen LogP contribution in [0.5, 0.6) is 0 Å². The van der Waals surface area contributed by atoms with E-state index in [4.69, 9.17) is 11.6 Å². The summed E-state index contributed by atoms with van der Waals surface area (Å²) in [6.45, 7) is 2.67. The third kappa shape index (κ3) is 6.14. The first-order chi connectivity index (χ1) is 18.9. The third-order valence-electron chi connectivity index (χ3n) is 7.13. The summed E-state index contributed by atoms with van der Waals surface area (Å²) in [5.41, 5.74) is -4.31. The van der Waals surface area contributed by atoms with Crippen molar-refractivity contribution in [3.05, 3.63) is 76.4 Å². The summed E-state index contributed by atoms with van der Waals surface area (Å²) in [4.78, 5) is 20.9. The molecule has 0 radical (unpaired) electrons. The zero-order chi connectivity index (χ0) is 30.5. The fourth-order valence-corrected chi connectivity index (χ4v) is 4.93. The molecule has 6 nitrogen and oxygen atoms in total. The first-order valence-electron chi connectivity index (χ1n) is 12.4. The van der Waals surface area contributed by atoms with Gasteiger partial charge in [-0.25, -0.2) is 4.98 Å². The Kier molecular flexibility index (Phi) is 8.07. The molecule has 2 heterocycles. The average Bonchev–Trinajstić information content (AvgIpc) is 3.24. The number of carbonyl (C=O) groups is 1. The Labute approximate surface area is 236 Å². The standard InChI is InChI=1S/C28H26ClF6N3O3/c1-26(2,15-8-16(27(30,31)32)10-17(9-15)28(33,34)35)25(41)37(3)21-12-36-24(38-13-22(39)23(40)14-38)11-19(21)18-6-4-5-7-20(18)29/h4-12,22-23,39-40H,13-14H2,1-3H3/t22-,23+. The molecule has 13 heteroatoms. The minimum atomic E-state index is -5.07. The van der Waals surface area contributed by atoms with Crippen LogP contribution >= 0.6 is 11.6 Å². The lowest BCUT2D eigenvalue weighted by molar-refractivity contribution is -0.143. The minimum absolute atomic E-state index is 0.0121. The molecule has 0 saturated carbocycles. The highest BCUT2D eigenvalue weighted by atomic mass is 35.5. The van der Waals surface area contributed by atoms with Gasteiger partial charge in [-0.15, -0.1) is 0 Å². The van der Waals surface area contributed by atoms with Crippen LogP contribution in [0.15, 0.2) is 54.7 Å². The van der Waals surface area contributed by atoms with E-state index in [9.17, 15) is 41.4 Å². The molecule has 4 rings (SSSR count). The number of likely N-dealkylation sites (N-methyl/N-ethyl adjacent to an activating group) is 1. The Balaban J connectivity index is 1.81. The van der Waals surface area contributed by atoms with Crippen molar-refractivity contribution >= 4 is 29.0 Å². The van der Waals surface area contributed by atoms with E-state index in [1.165, 1.54) is 27.1 Å². The van der Waals surface area contributed by atoms with Gasteiger partial charge in [0.1, 0.15) is 5.82 Å². The molecule has 1 fully saturated rings. The van der Waals surface area contributed by atoms with E-state index in [1.54, 1.807) is 35.2 Å². The van der Waals surface area contributed by atoms with Gasteiger partial charge in [-0.3, -0.25) is 4.79 Å². The van der Waals surface area contributed by atoms with Crippen LogP contribution in [0.2, 0.25) is 5.02 Å². The van der Waals surface area contributed by atoms with Gasteiger partial charge in [0, 0.05) is 36.3 Å². The highest BCUT2D eigenvalue weighted by molar-refractivity contribution is 6.33. The highest BCUT2D eigenvalue weighted by Gasteiger charge is 2.41. The second kappa shape index (κ2) is 10.8. The van der Waals surface area contributed by atoms with E-state index in [1.807, 2.05) is 0 Å². The van der Waals surface area contributed by atoms with Crippen molar-refractivity contribution in [1.29, 1.82) is 0 Å². The average molecular weight is 602 g/mol. The number of carbonyl (C=O) groups excluding carboxylic acids is 1. The molecule has 0 unspecified atom stereocenters. The van der Waals surface area contributed by atoms with Gasteiger partial charge in [0.15, 0.2) is 0 Å². The van der Waals surface area contributed by atoms with Crippen LogP contribution in [0.3, 0.4) is 0 Å². The van der Waals surface area contributed by atoms with E-state index in [-0.39, 0.29) is 24.8 Å². The summed E-state index contributed by atoms with van der Waals surface area (Å²) in [6, 6.07) is 9.35. The van der Waals surface area contributed by atoms with Crippen LogP contribution in [-0.4, -0.2) is 53.4 Å².